The van der Waals surface area contributed by atoms with Crippen molar-refractivity contribution < 1.29 is 23.7 Å². The van der Waals surface area contributed by atoms with Crippen LogP contribution in [0, 0.1) is 11.3 Å². The first-order valence-electron chi connectivity index (χ1n) is 12.2. The topological polar surface area (TPSA) is 146 Å². The number of benzene rings is 1. The largest absolute Gasteiger partial charge is 0.493 e. The zero-order valence-corrected chi connectivity index (χ0v) is 22.8. The van der Waals surface area contributed by atoms with Crippen LogP contribution in [0.4, 0.5) is 5.82 Å². The van der Waals surface area contributed by atoms with Crippen LogP contribution in [-0.4, -0.2) is 51.5 Å². The first-order chi connectivity index (χ1) is 19.9. The van der Waals surface area contributed by atoms with E-state index in [9.17, 15) is 10.1 Å². The summed E-state index contributed by atoms with van der Waals surface area (Å²) < 4.78 is 23.7. The van der Waals surface area contributed by atoms with Gasteiger partial charge in [-0.2, -0.15) is 10.4 Å². The molecule has 206 valence electrons. The van der Waals surface area contributed by atoms with Crippen molar-refractivity contribution in [2.24, 2.45) is 0 Å². The van der Waals surface area contributed by atoms with E-state index in [0.29, 0.717) is 33.5 Å². The van der Waals surface area contributed by atoms with Gasteiger partial charge in [-0.3, -0.25) is 9.78 Å². The molecule has 0 radical (unpaired) electrons. The number of methoxy groups -OCH3 is 2. The van der Waals surface area contributed by atoms with Gasteiger partial charge in [-0.05, 0) is 37.3 Å². The monoisotopic (exact) mass is 571 g/mol. The van der Waals surface area contributed by atoms with Crippen LogP contribution < -0.4 is 24.3 Å². The van der Waals surface area contributed by atoms with Crippen LogP contribution in [0.2, 0.25) is 5.02 Å². The number of carbonyl (C=O) groups is 1. The summed E-state index contributed by atoms with van der Waals surface area (Å²) in [4.78, 5) is 26.0. The lowest BCUT2D eigenvalue weighted by molar-refractivity contribution is 0.101. The molecule has 13 heteroatoms. The molecular weight excluding hydrogens is 550 g/mol. The Hall–Kier alpha value is -5.41. The van der Waals surface area contributed by atoms with Gasteiger partial charge in [0.05, 0.1) is 49.3 Å². The maximum Gasteiger partial charge on any atom is 0.281 e. The van der Waals surface area contributed by atoms with E-state index >= 15 is 0 Å². The number of hydrogen-bond donors (Lipinski definition) is 1. The normalized spacial score (nSPS) is 10.6. The average Bonchev–Trinajstić information content (AvgIpc) is 3.41. The van der Waals surface area contributed by atoms with E-state index in [-0.39, 0.29) is 35.2 Å². The number of nitriles is 1. The lowest BCUT2D eigenvalue weighted by Crippen LogP contribution is -2.15. The van der Waals surface area contributed by atoms with Gasteiger partial charge in [0.15, 0.2) is 28.8 Å². The lowest BCUT2D eigenvalue weighted by Gasteiger charge is -2.12. The third-order valence-corrected chi connectivity index (χ3v) is 5.99. The Morgan fingerprint density at radius 2 is 1.83 bits per heavy atom. The summed E-state index contributed by atoms with van der Waals surface area (Å²) in [6.07, 6.45) is 5.96. The quantitative estimate of drug-likeness (QED) is 0.250. The zero-order chi connectivity index (χ0) is 28.9. The number of nitrogens with zero attached hydrogens (tertiary/aromatic N) is 6. The number of nitrogens with one attached hydrogen (secondary N) is 1. The fourth-order valence-corrected chi connectivity index (χ4v) is 4.09. The maximum atomic E-state index is 13.1. The molecule has 0 aliphatic carbocycles. The van der Waals surface area contributed by atoms with E-state index in [1.165, 1.54) is 29.3 Å². The van der Waals surface area contributed by atoms with Crippen LogP contribution in [0.3, 0.4) is 0 Å². The van der Waals surface area contributed by atoms with Crippen LogP contribution >= 0.6 is 11.6 Å². The maximum absolute atomic E-state index is 13.1. The third kappa shape index (κ3) is 5.66. The van der Waals surface area contributed by atoms with Crippen molar-refractivity contribution >= 4 is 34.2 Å². The Kier molecular flexibility index (Phi) is 7.80. The minimum Gasteiger partial charge on any atom is -0.493 e. The minimum absolute atomic E-state index is 0.0118. The Bertz CT molecular complexity index is 1780. The number of anilines is 1. The highest BCUT2D eigenvalue weighted by Crippen LogP contribution is 2.36. The molecule has 1 N–H and O–H groups in total. The van der Waals surface area contributed by atoms with Crippen LogP contribution in [0.15, 0.2) is 61.2 Å². The number of ether oxygens (including phenoxy) is 4. The molecule has 12 nitrogen and oxygen atoms in total. The van der Waals surface area contributed by atoms with Crippen molar-refractivity contribution in [2.45, 2.75) is 6.92 Å². The van der Waals surface area contributed by atoms with E-state index in [1.54, 1.807) is 57.7 Å². The van der Waals surface area contributed by atoms with Gasteiger partial charge in [-0.25, -0.2) is 14.6 Å². The molecule has 41 heavy (non-hydrogen) atoms. The summed E-state index contributed by atoms with van der Waals surface area (Å²) in [5.74, 6) is 2.17. The highest BCUT2D eigenvalue weighted by Gasteiger charge is 2.21. The highest BCUT2D eigenvalue weighted by atomic mass is 35.5. The number of halogens is 1. The number of carbonyl (C=O) groups excluding carboxylic acids is 1. The van der Waals surface area contributed by atoms with Crippen LogP contribution in [0.1, 0.15) is 23.0 Å². The Balaban J connectivity index is 1.36. The van der Waals surface area contributed by atoms with Gasteiger partial charge in [0.1, 0.15) is 23.4 Å². The number of amides is 1. The molecule has 0 spiro atoms. The number of hydrogen-bond acceptors (Lipinski definition) is 10. The van der Waals surface area contributed by atoms with E-state index in [4.69, 9.17) is 30.5 Å². The van der Waals surface area contributed by atoms with Gasteiger partial charge < -0.3 is 24.3 Å². The Morgan fingerprint density at radius 3 is 2.54 bits per heavy atom. The second kappa shape index (κ2) is 11.8. The molecule has 5 aromatic rings. The van der Waals surface area contributed by atoms with Crippen molar-refractivity contribution in [3.63, 3.8) is 0 Å². The van der Waals surface area contributed by atoms with Crippen molar-refractivity contribution in [3.8, 4) is 40.6 Å². The third-order valence-electron chi connectivity index (χ3n) is 5.78. The van der Waals surface area contributed by atoms with Gasteiger partial charge in [0, 0.05) is 23.8 Å². The highest BCUT2D eigenvalue weighted by molar-refractivity contribution is 6.30. The number of pyridine rings is 3. The standard InChI is InChI=1S/C28H22ClN7O5/c1-4-40-24-15-36(27-16(12-30)9-17(29)13-33-27)35-26(24)28(37)34-25-6-5-18(14-32-25)41-21-7-8-31-20-11-23(39-3)22(38-2)10-19(20)21/h5-11,13-15H,4H2,1-3H3,(H,32,34,37). The fourth-order valence-electron chi connectivity index (χ4n) is 3.94. The van der Waals surface area contributed by atoms with E-state index in [2.05, 4.69) is 25.4 Å². The summed E-state index contributed by atoms with van der Waals surface area (Å²) >= 11 is 5.96. The van der Waals surface area contributed by atoms with E-state index in [1.807, 2.05) is 6.07 Å². The van der Waals surface area contributed by atoms with Gasteiger partial charge in [0.25, 0.3) is 5.91 Å². The molecule has 1 amide bonds. The minimum atomic E-state index is -0.568. The molecular formula is C28H22ClN7O5. The Morgan fingerprint density at radius 1 is 1.02 bits per heavy atom. The molecule has 0 aliphatic rings. The Labute approximate surface area is 239 Å². The SMILES string of the molecule is CCOc1cn(-c2ncc(Cl)cc2C#N)nc1C(=O)Nc1ccc(Oc2ccnc3cc(OC)c(OC)cc23)cn1. The van der Waals surface area contributed by atoms with E-state index < -0.39 is 5.91 Å². The van der Waals surface area contributed by atoms with Crippen molar-refractivity contribution in [2.75, 3.05) is 26.1 Å². The molecule has 4 heterocycles. The number of fused-ring (bicyclic) bond motifs is 1. The molecule has 1 aromatic carbocycles. The molecule has 0 saturated heterocycles. The smallest absolute Gasteiger partial charge is 0.281 e. The number of aromatic nitrogens is 5. The second-order valence-corrected chi connectivity index (χ2v) is 8.76. The summed E-state index contributed by atoms with van der Waals surface area (Å²) in [6.45, 7) is 2.07. The second-order valence-electron chi connectivity index (χ2n) is 8.32. The molecule has 4 aromatic heterocycles. The summed E-state index contributed by atoms with van der Waals surface area (Å²) in [5.41, 5.74) is 0.839. The fraction of sp³-hybridized carbons (Fsp3) is 0.143. The molecule has 5 rings (SSSR count). The van der Waals surface area contributed by atoms with E-state index in [0.717, 1.165) is 5.39 Å². The average molecular weight is 572 g/mol. The first kappa shape index (κ1) is 27.2. The first-order valence-corrected chi connectivity index (χ1v) is 12.6. The van der Waals surface area contributed by atoms with Gasteiger partial charge in [0.2, 0.25) is 0 Å². The summed E-state index contributed by atoms with van der Waals surface area (Å²) in [7, 11) is 3.11. The molecule has 0 aliphatic heterocycles. The molecule has 0 fully saturated rings. The van der Waals surface area contributed by atoms with Gasteiger partial charge in [-0.1, -0.05) is 11.6 Å². The molecule has 0 atom stereocenters. The summed E-state index contributed by atoms with van der Waals surface area (Å²) in [6, 6.07) is 12.0. The molecule has 0 saturated carbocycles. The van der Waals surface area contributed by atoms with Crippen LogP contribution in [0.25, 0.3) is 16.7 Å². The lowest BCUT2D eigenvalue weighted by atomic mass is 10.2. The van der Waals surface area contributed by atoms with Gasteiger partial charge in [-0.15, -0.1) is 0 Å². The zero-order valence-electron chi connectivity index (χ0n) is 22.1. The molecule has 0 bridgehead atoms. The predicted octanol–water partition coefficient (Wildman–Crippen LogP) is 5.20. The summed E-state index contributed by atoms with van der Waals surface area (Å²) in [5, 5.41) is 17.5. The van der Waals surface area contributed by atoms with Crippen molar-refractivity contribution in [1.29, 1.82) is 5.26 Å². The predicted molar refractivity (Wildman–Crippen MR) is 149 cm³/mol. The van der Waals surface area contributed by atoms with Crippen molar-refractivity contribution in [3.05, 3.63) is 77.5 Å². The molecule has 0 unspecified atom stereocenters. The van der Waals surface area contributed by atoms with Crippen molar-refractivity contribution in [1.82, 2.24) is 24.7 Å². The van der Waals surface area contributed by atoms with Gasteiger partial charge >= 0.3 is 0 Å². The number of rotatable bonds is 9. The van der Waals surface area contributed by atoms with Crippen LogP contribution in [-0.2, 0) is 0 Å². The van der Waals surface area contributed by atoms with Crippen LogP contribution in [0.5, 0.6) is 28.7 Å².